The molecule has 0 aromatic heterocycles. The van der Waals surface area contributed by atoms with Crippen molar-refractivity contribution in [2.45, 2.75) is 58.5 Å². The first-order valence-corrected chi connectivity index (χ1v) is 7.99. The minimum Gasteiger partial charge on any atom is -0.398 e. The molecule has 1 aliphatic heterocycles. The van der Waals surface area contributed by atoms with Crippen LogP contribution >= 0.6 is 0 Å². The van der Waals surface area contributed by atoms with Crippen LogP contribution in [0.15, 0.2) is 18.2 Å². The van der Waals surface area contributed by atoms with Gasteiger partial charge in [-0.3, -0.25) is 4.79 Å². The van der Waals surface area contributed by atoms with Gasteiger partial charge in [0.05, 0.1) is 0 Å². The summed E-state index contributed by atoms with van der Waals surface area (Å²) in [5.74, 6) is 0.103. The van der Waals surface area contributed by atoms with Crippen LogP contribution in [0.5, 0.6) is 0 Å². The minimum atomic E-state index is -0.162. The normalized spacial score (nSPS) is 17.0. The summed E-state index contributed by atoms with van der Waals surface area (Å²) < 4.78 is 0. The summed E-state index contributed by atoms with van der Waals surface area (Å²) in [6.07, 6.45) is 4.14. The van der Waals surface area contributed by atoms with Gasteiger partial charge >= 0.3 is 0 Å². The van der Waals surface area contributed by atoms with Crippen LogP contribution in [-0.2, 0) is 11.2 Å². The molecular weight excluding hydrogens is 262 g/mol. The molecular formula is C17H27N3O. The molecule has 2 unspecified atom stereocenters. The Morgan fingerprint density at radius 2 is 2.19 bits per heavy atom. The van der Waals surface area contributed by atoms with Crippen LogP contribution in [-0.4, -0.2) is 24.5 Å². The van der Waals surface area contributed by atoms with Gasteiger partial charge in [-0.1, -0.05) is 19.4 Å². The number of nitrogen functional groups attached to an aromatic ring is 1. The number of nitrogens with one attached hydrogen (secondary N) is 1. The summed E-state index contributed by atoms with van der Waals surface area (Å²) >= 11 is 0. The fraction of sp³-hybridized carbons (Fsp3) is 0.588. The number of nitrogens with zero attached hydrogens (tertiary/aromatic N) is 1. The van der Waals surface area contributed by atoms with E-state index in [1.54, 1.807) is 0 Å². The second-order valence-electron chi connectivity index (χ2n) is 6.02. The fourth-order valence-corrected chi connectivity index (χ4v) is 3.09. The summed E-state index contributed by atoms with van der Waals surface area (Å²) in [5.41, 5.74) is 9.21. The molecule has 3 N–H and O–H groups in total. The number of hydrogen-bond acceptors (Lipinski definition) is 3. The third kappa shape index (κ3) is 3.49. The average molecular weight is 289 g/mol. The SMILES string of the molecule is CCCC(C)NC(=O)C(C)N1CCCc2c(N)cccc21. The number of benzene rings is 1. The highest BCUT2D eigenvalue weighted by Crippen LogP contribution is 2.32. The summed E-state index contributed by atoms with van der Waals surface area (Å²) in [6.45, 7) is 7.09. The number of amides is 1. The van der Waals surface area contributed by atoms with Gasteiger partial charge < -0.3 is 16.0 Å². The molecule has 4 nitrogen and oxygen atoms in total. The van der Waals surface area contributed by atoms with Gasteiger partial charge in [0, 0.05) is 24.0 Å². The lowest BCUT2D eigenvalue weighted by atomic mass is 9.98. The van der Waals surface area contributed by atoms with E-state index in [0.717, 1.165) is 43.6 Å². The number of nitrogens with two attached hydrogens (primary N) is 1. The quantitative estimate of drug-likeness (QED) is 0.819. The third-order valence-corrected chi connectivity index (χ3v) is 4.28. The topological polar surface area (TPSA) is 58.4 Å². The Bertz CT molecular complexity index is 501. The zero-order chi connectivity index (χ0) is 15.4. The molecule has 1 aromatic carbocycles. The number of rotatable bonds is 5. The first kappa shape index (κ1) is 15.7. The molecule has 0 bridgehead atoms. The molecule has 0 radical (unpaired) electrons. The first-order valence-electron chi connectivity index (χ1n) is 7.99. The average Bonchev–Trinajstić information content (AvgIpc) is 2.46. The van der Waals surface area contributed by atoms with Crippen molar-refractivity contribution in [3.63, 3.8) is 0 Å². The van der Waals surface area contributed by atoms with Crippen LogP contribution in [0.2, 0.25) is 0 Å². The Balaban J connectivity index is 2.12. The molecule has 0 saturated carbocycles. The molecule has 1 aromatic rings. The molecule has 1 amide bonds. The van der Waals surface area contributed by atoms with E-state index in [4.69, 9.17) is 5.73 Å². The van der Waals surface area contributed by atoms with Crippen molar-refractivity contribution in [3.8, 4) is 0 Å². The maximum atomic E-state index is 12.4. The largest absolute Gasteiger partial charge is 0.398 e. The molecule has 4 heteroatoms. The molecule has 1 heterocycles. The Morgan fingerprint density at radius 1 is 1.43 bits per heavy atom. The van der Waals surface area contributed by atoms with Crippen LogP contribution in [0, 0.1) is 0 Å². The maximum absolute atomic E-state index is 12.4. The predicted octanol–water partition coefficient (Wildman–Crippen LogP) is 2.71. The molecule has 0 spiro atoms. The molecule has 1 aliphatic rings. The first-order chi connectivity index (χ1) is 10.0. The van der Waals surface area contributed by atoms with Crippen LogP contribution in [0.4, 0.5) is 11.4 Å². The lowest BCUT2D eigenvalue weighted by Crippen LogP contribution is -2.49. The van der Waals surface area contributed by atoms with Gasteiger partial charge in [0.15, 0.2) is 0 Å². The molecule has 21 heavy (non-hydrogen) atoms. The van der Waals surface area contributed by atoms with Crippen LogP contribution < -0.4 is 16.0 Å². The van der Waals surface area contributed by atoms with E-state index in [9.17, 15) is 4.79 Å². The molecule has 116 valence electrons. The predicted molar refractivity (Wildman–Crippen MR) is 88.5 cm³/mol. The Labute approximate surface area is 127 Å². The van der Waals surface area contributed by atoms with E-state index < -0.39 is 0 Å². The molecule has 0 fully saturated rings. The van der Waals surface area contributed by atoms with Gasteiger partial charge in [-0.15, -0.1) is 0 Å². The summed E-state index contributed by atoms with van der Waals surface area (Å²) in [7, 11) is 0. The number of anilines is 2. The molecule has 0 aliphatic carbocycles. The summed E-state index contributed by atoms with van der Waals surface area (Å²) in [4.78, 5) is 14.6. The highest BCUT2D eigenvalue weighted by molar-refractivity contribution is 5.86. The smallest absolute Gasteiger partial charge is 0.242 e. The van der Waals surface area contributed by atoms with E-state index >= 15 is 0 Å². The van der Waals surface area contributed by atoms with E-state index in [1.165, 1.54) is 5.56 Å². The van der Waals surface area contributed by atoms with Crippen molar-refractivity contribution in [1.82, 2.24) is 5.32 Å². The Morgan fingerprint density at radius 3 is 2.90 bits per heavy atom. The number of hydrogen-bond donors (Lipinski definition) is 2. The minimum absolute atomic E-state index is 0.103. The summed E-state index contributed by atoms with van der Waals surface area (Å²) in [5, 5.41) is 3.11. The van der Waals surface area contributed by atoms with Gasteiger partial charge in [-0.25, -0.2) is 0 Å². The molecule has 0 saturated heterocycles. The lowest BCUT2D eigenvalue weighted by Gasteiger charge is -2.36. The van der Waals surface area contributed by atoms with Crippen molar-refractivity contribution in [2.75, 3.05) is 17.2 Å². The van der Waals surface area contributed by atoms with Gasteiger partial charge in [-0.05, 0) is 50.8 Å². The van der Waals surface area contributed by atoms with Crippen LogP contribution in [0.1, 0.15) is 45.6 Å². The maximum Gasteiger partial charge on any atom is 0.242 e. The van der Waals surface area contributed by atoms with Crippen molar-refractivity contribution in [1.29, 1.82) is 0 Å². The standard InChI is InChI=1S/C17H27N3O/c1-4-7-12(2)19-17(21)13(3)20-11-6-8-14-15(18)9-5-10-16(14)20/h5,9-10,12-13H,4,6-8,11,18H2,1-3H3,(H,19,21). The number of carbonyl (C=O) groups is 1. The van der Waals surface area contributed by atoms with Gasteiger partial charge in [0.1, 0.15) is 6.04 Å². The monoisotopic (exact) mass is 289 g/mol. The van der Waals surface area contributed by atoms with Crippen molar-refractivity contribution in [2.24, 2.45) is 0 Å². The summed E-state index contributed by atoms with van der Waals surface area (Å²) in [6, 6.07) is 6.05. The Hall–Kier alpha value is -1.71. The van der Waals surface area contributed by atoms with E-state index in [1.807, 2.05) is 19.1 Å². The second-order valence-corrected chi connectivity index (χ2v) is 6.02. The zero-order valence-electron chi connectivity index (χ0n) is 13.4. The van der Waals surface area contributed by atoms with E-state index in [0.29, 0.717) is 0 Å². The zero-order valence-corrected chi connectivity index (χ0v) is 13.4. The number of fused-ring (bicyclic) bond motifs is 1. The van der Waals surface area contributed by atoms with Crippen LogP contribution in [0.3, 0.4) is 0 Å². The highest BCUT2D eigenvalue weighted by Gasteiger charge is 2.27. The lowest BCUT2D eigenvalue weighted by molar-refractivity contribution is -0.122. The van der Waals surface area contributed by atoms with Gasteiger partial charge in [0.2, 0.25) is 5.91 Å². The highest BCUT2D eigenvalue weighted by atomic mass is 16.2. The molecule has 2 atom stereocenters. The van der Waals surface area contributed by atoms with Gasteiger partial charge in [0.25, 0.3) is 0 Å². The fourth-order valence-electron chi connectivity index (χ4n) is 3.09. The second kappa shape index (κ2) is 6.83. The van der Waals surface area contributed by atoms with Gasteiger partial charge in [-0.2, -0.15) is 0 Å². The number of carbonyl (C=O) groups excluding carboxylic acids is 1. The van der Waals surface area contributed by atoms with Crippen LogP contribution in [0.25, 0.3) is 0 Å². The third-order valence-electron chi connectivity index (χ3n) is 4.28. The van der Waals surface area contributed by atoms with Crippen molar-refractivity contribution >= 4 is 17.3 Å². The molecule has 2 rings (SSSR count). The van der Waals surface area contributed by atoms with E-state index in [-0.39, 0.29) is 18.0 Å². The van der Waals surface area contributed by atoms with Crippen molar-refractivity contribution < 1.29 is 4.79 Å². The van der Waals surface area contributed by atoms with Crippen molar-refractivity contribution in [3.05, 3.63) is 23.8 Å². The Kier molecular flexibility index (Phi) is 5.10. The van der Waals surface area contributed by atoms with E-state index in [2.05, 4.69) is 30.1 Å².